The number of rotatable bonds is 7. The first kappa shape index (κ1) is 19.7. The molecule has 154 valence electrons. The lowest BCUT2D eigenvalue weighted by molar-refractivity contribution is 0.201. The zero-order valence-corrected chi connectivity index (χ0v) is 16.6. The van der Waals surface area contributed by atoms with Crippen molar-refractivity contribution in [2.45, 2.75) is 38.3 Å². The highest BCUT2D eigenvalue weighted by Crippen LogP contribution is 2.22. The SMILES string of the molecule is Fc1ccc(OCCCCN2CCC(N=C3Nc4ccccc4CO3)CC2)cc1. The van der Waals surface area contributed by atoms with Crippen molar-refractivity contribution in [1.29, 1.82) is 0 Å². The molecule has 0 atom stereocenters. The number of aliphatic imine (C=N–C) groups is 1. The van der Waals surface area contributed by atoms with Gasteiger partial charge >= 0.3 is 0 Å². The molecule has 2 aromatic rings. The van der Waals surface area contributed by atoms with E-state index in [9.17, 15) is 4.39 Å². The smallest absolute Gasteiger partial charge is 0.289 e. The van der Waals surface area contributed by atoms with Gasteiger partial charge in [0.25, 0.3) is 6.02 Å². The summed E-state index contributed by atoms with van der Waals surface area (Å²) in [5, 5.41) is 3.30. The van der Waals surface area contributed by atoms with Gasteiger partial charge in [0.05, 0.1) is 12.6 Å². The van der Waals surface area contributed by atoms with Crippen molar-refractivity contribution in [3.63, 3.8) is 0 Å². The number of benzene rings is 2. The molecule has 0 aromatic heterocycles. The maximum Gasteiger partial charge on any atom is 0.289 e. The highest BCUT2D eigenvalue weighted by atomic mass is 19.1. The summed E-state index contributed by atoms with van der Waals surface area (Å²) in [5.74, 6) is 0.494. The number of fused-ring (bicyclic) bond motifs is 1. The van der Waals surface area contributed by atoms with Crippen molar-refractivity contribution in [1.82, 2.24) is 4.90 Å². The molecule has 2 aromatic carbocycles. The maximum atomic E-state index is 12.9. The van der Waals surface area contributed by atoms with Crippen molar-refractivity contribution < 1.29 is 13.9 Å². The molecular formula is C23H28FN3O2. The lowest BCUT2D eigenvalue weighted by atomic mass is 10.1. The Morgan fingerprint density at radius 2 is 1.86 bits per heavy atom. The summed E-state index contributed by atoms with van der Waals surface area (Å²) in [6.45, 7) is 4.47. The van der Waals surface area contributed by atoms with E-state index in [1.54, 1.807) is 12.1 Å². The fourth-order valence-corrected chi connectivity index (χ4v) is 3.73. The van der Waals surface area contributed by atoms with Crippen LogP contribution in [0.2, 0.25) is 0 Å². The number of piperidine rings is 1. The highest BCUT2D eigenvalue weighted by Gasteiger charge is 2.21. The molecular weight excluding hydrogens is 369 g/mol. The van der Waals surface area contributed by atoms with Crippen LogP contribution in [0, 0.1) is 5.82 Å². The lowest BCUT2D eigenvalue weighted by Crippen LogP contribution is -2.37. The molecule has 0 unspecified atom stereocenters. The van der Waals surface area contributed by atoms with Gasteiger partial charge < -0.3 is 19.7 Å². The van der Waals surface area contributed by atoms with Crippen LogP contribution in [0.15, 0.2) is 53.5 Å². The van der Waals surface area contributed by atoms with Gasteiger partial charge in [0, 0.05) is 24.3 Å². The zero-order chi connectivity index (χ0) is 19.9. The number of amidine groups is 1. The third-order valence-corrected chi connectivity index (χ3v) is 5.43. The van der Waals surface area contributed by atoms with E-state index in [0.29, 0.717) is 25.3 Å². The topological polar surface area (TPSA) is 46.1 Å². The molecule has 0 radical (unpaired) electrons. The summed E-state index contributed by atoms with van der Waals surface area (Å²) in [6.07, 6.45) is 4.21. The molecule has 29 heavy (non-hydrogen) atoms. The van der Waals surface area contributed by atoms with E-state index in [-0.39, 0.29) is 5.82 Å². The number of ether oxygens (including phenoxy) is 2. The average Bonchev–Trinajstić information content (AvgIpc) is 2.76. The summed E-state index contributed by atoms with van der Waals surface area (Å²) in [6, 6.07) is 15.4. The molecule has 1 fully saturated rings. The van der Waals surface area contributed by atoms with E-state index in [1.807, 2.05) is 12.1 Å². The van der Waals surface area contributed by atoms with Crippen LogP contribution in [0.5, 0.6) is 5.75 Å². The predicted octanol–water partition coefficient (Wildman–Crippen LogP) is 4.45. The van der Waals surface area contributed by atoms with E-state index in [2.05, 4.69) is 22.3 Å². The number of hydrogen-bond donors (Lipinski definition) is 1. The average molecular weight is 397 g/mol. The molecule has 0 aliphatic carbocycles. The van der Waals surface area contributed by atoms with Crippen molar-refractivity contribution >= 4 is 11.7 Å². The fourth-order valence-electron chi connectivity index (χ4n) is 3.73. The summed E-state index contributed by atoms with van der Waals surface area (Å²) in [4.78, 5) is 7.29. The van der Waals surface area contributed by atoms with Gasteiger partial charge in [0.15, 0.2) is 0 Å². The molecule has 2 aliphatic rings. The first-order valence-electron chi connectivity index (χ1n) is 10.4. The van der Waals surface area contributed by atoms with E-state index < -0.39 is 0 Å². The molecule has 0 spiro atoms. The number of nitrogens with one attached hydrogen (secondary N) is 1. The normalized spacial score (nSPS) is 18.7. The van der Waals surface area contributed by atoms with Crippen molar-refractivity contribution in [2.75, 3.05) is 31.6 Å². The molecule has 5 nitrogen and oxygen atoms in total. The lowest BCUT2D eigenvalue weighted by Gasteiger charge is -2.31. The molecule has 2 aliphatic heterocycles. The van der Waals surface area contributed by atoms with Gasteiger partial charge in [-0.2, -0.15) is 0 Å². The predicted molar refractivity (Wildman–Crippen MR) is 113 cm³/mol. The molecule has 6 heteroatoms. The Morgan fingerprint density at radius 1 is 1.07 bits per heavy atom. The van der Waals surface area contributed by atoms with Crippen LogP contribution in [-0.2, 0) is 11.3 Å². The second kappa shape index (κ2) is 9.74. The van der Waals surface area contributed by atoms with Gasteiger partial charge in [-0.15, -0.1) is 0 Å². The number of likely N-dealkylation sites (tertiary alicyclic amines) is 1. The van der Waals surface area contributed by atoms with E-state index in [0.717, 1.165) is 56.8 Å². The summed E-state index contributed by atoms with van der Waals surface area (Å²) in [7, 11) is 0. The Bertz CT molecular complexity index is 817. The van der Waals surface area contributed by atoms with E-state index in [1.165, 1.54) is 17.7 Å². The van der Waals surface area contributed by atoms with Crippen LogP contribution in [0.25, 0.3) is 0 Å². The minimum Gasteiger partial charge on any atom is -0.494 e. The Balaban J connectivity index is 1.12. The first-order chi connectivity index (χ1) is 14.3. The molecule has 0 amide bonds. The molecule has 4 rings (SSSR count). The maximum absolute atomic E-state index is 12.9. The second-order valence-corrected chi connectivity index (χ2v) is 7.59. The Hall–Kier alpha value is -2.60. The van der Waals surface area contributed by atoms with Gasteiger partial charge in [0.1, 0.15) is 18.2 Å². The van der Waals surface area contributed by atoms with Gasteiger partial charge in [-0.05, 0) is 62.6 Å². The zero-order valence-electron chi connectivity index (χ0n) is 16.6. The van der Waals surface area contributed by atoms with E-state index >= 15 is 0 Å². The third-order valence-electron chi connectivity index (χ3n) is 5.43. The molecule has 1 N–H and O–H groups in total. The Kier molecular flexibility index (Phi) is 6.62. The van der Waals surface area contributed by atoms with Crippen LogP contribution >= 0.6 is 0 Å². The van der Waals surface area contributed by atoms with Gasteiger partial charge in [-0.1, -0.05) is 18.2 Å². The number of unbranched alkanes of at least 4 members (excludes halogenated alkanes) is 1. The van der Waals surface area contributed by atoms with Crippen LogP contribution in [0.4, 0.5) is 10.1 Å². The minimum atomic E-state index is -0.235. The number of anilines is 1. The molecule has 1 saturated heterocycles. The summed E-state index contributed by atoms with van der Waals surface area (Å²) < 4.78 is 24.3. The number of para-hydroxylation sites is 1. The number of halogens is 1. The van der Waals surface area contributed by atoms with Crippen LogP contribution in [0.3, 0.4) is 0 Å². The Labute approximate surface area is 171 Å². The van der Waals surface area contributed by atoms with Crippen LogP contribution in [0.1, 0.15) is 31.2 Å². The molecule has 0 saturated carbocycles. The third kappa shape index (κ3) is 5.70. The largest absolute Gasteiger partial charge is 0.494 e. The van der Waals surface area contributed by atoms with Crippen LogP contribution < -0.4 is 10.1 Å². The molecule has 2 heterocycles. The van der Waals surface area contributed by atoms with Gasteiger partial charge in [0.2, 0.25) is 0 Å². The van der Waals surface area contributed by atoms with Crippen LogP contribution in [-0.4, -0.2) is 43.2 Å². The van der Waals surface area contributed by atoms with Gasteiger partial charge in [-0.3, -0.25) is 0 Å². The quantitative estimate of drug-likeness (QED) is 0.702. The first-order valence-corrected chi connectivity index (χ1v) is 10.4. The standard InChI is InChI=1S/C23H28FN3O2/c24-19-7-9-21(10-8-19)28-16-4-3-13-27-14-11-20(12-15-27)25-23-26-22-6-2-1-5-18(22)17-29-23/h1-2,5-10,20H,3-4,11-17H2,(H,25,26). The minimum absolute atomic E-state index is 0.235. The second-order valence-electron chi connectivity index (χ2n) is 7.59. The van der Waals surface area contributed by atoms with E-state index in [4.69, 9.17) is 14.5 Å². The van der Waals surface area contributed by atoms with Crippen molar-refractivity contribution in [3.8, 4) is 5.75 Å². The van der Waals surface area contributed by atoms with Crippen molar-refractivity contribution in [3.05, 3.63) is 59.9 Å². The highest BCUT2D eigenvalue weighted by molar-refractivity contribution is 5.91. The van der Waals surface area contributed by atoms with Gasteiger partial charge in [-0.25, -0.2) is 9.38 Å². The fraction of sp³-hybridized carbons (Fsp3) is 0.435. The molecule has 0 bridgehead atoms. The monoisotopic (exact) mass is 397 g/mol. The van der Waals surface area contributed by atoms with Crippen molar-refractivity contribution in [2.24, 2.45) is 4.99 Å². The number of nitrogens with zero attached hydrogens (tertiary/aromatic N) is 2. The summed E-state index contributed by atoms with van der Waals surface area (Å²) in [5.41, 5.74) is 2.27. The summed E-state index contributed by atoms with van der Waals surface area (Å²) >= 11 is 0. The number of hydrogen-bond acceptors (Lipinski definition) is 4. The Morgan fingerprint density at radius 3 is 2.69 bits per heavy atom.